The minimum Gasteiger partial charge on any atom is -0.497 e. The first kappa shape index (κ1) is 23.6. The van der Waals surface area contributed by atoms with E-state index in [2.05, 4.69) is 11.0 Å². The highest BCUT2D eigenvalue weighted by atomic mass is 16.5. The lowest BCUT2D eigenvalue weighted by molar-refractivity contribution is 0.104. The molecule has 0 saturated carbocycles. The quantitative estimate of drug-likeness (QED) is 0.391. The fraction of sp³-hybridized carbons (Fsp3) is 0.333. The highest BCUT2D eigenvalue weighted by Crippen LogP contribution is 2.35. The lowest BCUT2D eigenvalue weighted by Crippen LogP contribution is -2.48. The summed E-state index contributed by atoms with van der Waals surface area (Å²) in [6.45, 7) is 5.98. The van der Waals surface area contributed by atoms with E-state index in [1.54, 1.807) is 19.2 Å². The molecule has 0 aliphatic carbocycles. The largest absolute Gasteiger partial charge is 0.497 e. The van der Waals surface area contributed by atoms with Crippen molar-refractivity contribution in [3.05, 3.63) is 92.7 Å². The van der Waals surface area contributed by atoms with E-state index in [-0.39, 0.29) is 11.0 Å². The number of benzene rings is 2. The molecular weight excluding hydrogens is 468 g/mol. The maximum Gasteiger partial charge on any atom is 0.250 e. The van der Waals surface area contributed by atoms with Crippen molar-refractivity contribution >= 4 is 11.0 Å². The van der Waals surface area contributed by atoms with Gasteiger partial charge in [0.2, 0.25) is 5.43 Å². The van der Waals surface area contributed by atoms with E-state index in [9.17, 15) is 9.59 Å². The number of methoxy groups -OCH3 is 1. The Morgan fingerprint density at radius 1 is 1.00 bits per heavy atom. The molecule has 0 N–H and O–H groups in total. The molecule has 2 bridgehead atoms. The van der Waals surface area contributed by atoms with Crippen LogP contribution in [0.1, 0.15) is 23.6 Å². The Morgan fingerprint density at radius 3 is 2.65 bits per heavy atom. The Labute approximate surface area is 214 Å². The number of aryl methyl sites for hydroxylation is 1. The van der Waals surface area contributed by atoms with Crippen molar-refractivity contribution in [2.24, 2.45) is 5.92 Å². The zero-order valence-corrected chi connectivity index (χ0v) is 21.1. The topological polar surface area (TPSA) is 73.9 Å². The summed E-state index contributed by atoms with van der Waals surface area (Å²) in [7, 11) is 1.61. The molecule has 7 nitrogen and oxygen atoms in total. The molecule has 0 radical (unpaired) electrons. The summed E-state index contributed by atoms with van der Waals surface area (Å²) in [5.74, 6) is 2.34. The number of piperidine rings is 1. The number of rotatable bonds is 6. The number of ether oxygens (including phenoxy) is 2. The van der Waals surface area contributed by atoms with Crippen LogP contribution in [0.15, 0.2) is 74.9 Å². The third kappa shape index (κ3) is 4.33. The van der Waals surface area contributed by atoms with Crippen LogP contribution in [-0.4, -0.2) is 42.8 Å². The third-order valence-corrected chi connectivity index (χ3v) is 7.76. The first-order valence-electron chi connectivity index (χ1n) is 12.8. The summed E-state index contributed by atoms with van der Waals surface area (Å²) in [4.78, 5) is 27.9. The number of likely N-dealkylation sites (tertiary alicyclic amines) is 1. The molecule has 2 aliphatic heterocycles. The number of pyridine rings is 1. The van der Waals surface area contributed by atoms with E-state index >= 15 is 0 Å². The van der Waals surface area contributed by atoms with Crippen LogP contribution in [0.2, 0.25) is 0 Å². The zero-order chi connectivity index (χ0) is 25.5. The molecule has 2 aromatic heterocycles. The second-order valence-electron chi connectivity index (χ2n) is 10.1. The molecule has 1 fully saturated rings. The summed E-state index contributed by atoms with van der Waals surface area (Å²) in [6.07, 6.45) is 2.67. The van der Waals surface area contributed by atoms with Crippen LogP contribution in [-0.2, 0) is 6.54 Å². The van der Waals surface area contributed by atoms with Crippen LogP contribution in [0, 0.1) is 12.8 Å². The minimum absolute atomic E-state index is 0.0692. The van der Waals surface area contributed by atoms with Gasteiger partial charge in [0.05, 0.1) is 18.1 Å². The average Bonchev–Trinajstić information content (AvgIpc) is 2.91. The lowest BCUT2D eigenvalue weighted by atomic mass is 9.83. The maximum absolute atomic E-state index is 13.2. The maximum atomic E-state index is 13.2. The van der Waals surface area contributed by atoms with Crippen LogP contribution in [0.4, 0.5) is 0 Å². The summed E-state index contributed by atoms with van der Waals surface area (Å²) in [5, 5.41) is 0.538. The molecular formula is C30H30N2O5. The van der Waals surface area contributed by atoms with Gasteiger partial charge in [-0.05, 0) is 55.2 Å². The normalized spacial score (nSPS) is 19.0. The van der Waals surface area contributed by atoms with E-state index < -0.39 is 0 Å². The fourth-order valence-corrected chi connectivity index (χ4v) is 5.91. The van der Waals surface area contributed by atoms with E-state index in [4.69, 9.17) is 13.9 Å². The molecule has 4 heterocycles. The van der Waals surface area contributed by atoms with Crippen LogP contribution < -0.4 is 20.5 Å². The molecule has 0 spiro atoms. The monoisotopic (exact) mass is 498 g/mol. The van der Waals surface area contributed by atoms with Crippen LogP contribution in [0.5, 0.6) is 11.5 Å². The summed E-state index contributed by atoms with van der Waals surface area (Å²) >= 11 is 0. The lowest BCUT2D eigenvalue weighted by Gasteiger charge is -2.42. The zero-order valence-electron chi connectivity index (χ0n) is 21.1. The Kier molecular flexibility index (Phi) is 6.08. The Hall–Kier alpha value is -3.84. The molecule has 37 heavy (non-hydrogen) atoms. The van der Waals surface area contributed by atoms with Crippen LogP contribution in [0.3, 0.4) is 0 Å². The number of hydrogen-bond acceptors (Lipinski definition) is 6. The molecule has 6 rings (SSSR count). The van der Waals surface area contributed by atoms with Gasteiger partial charge in [0.15, 0.2) is 0 Å². The van der Waals surface area contributed by atoms with Gasteiger partial charge in [-0.2, -0.15) is 0 Å². The van der Waals surface area contributed by atoms with Gasteiger partial charge in [-0.25, -0.2) is 0 Å². The van der Waals surface area contributed by atoms with Gasteiger partial charge in [0, 0.05) is 49.4 Å². The predicted octanol–water partition coefficient (Wildman–Crippen LogP) is 4.44. The highest BCUT2D eigenvalue weighted by Gasteiger charge is 2.34. The van der Waals surface area contributed by atoms with Crippen molar-refractivity contribution in [3.63, 3.8) is 0 Å². The summed E-state index contributed by atoms with van der Waals surface area (Å²) in [6, 6.07) is 16.6. The predicted molar refractivity (Wildman–Crippen MR) is 143 cm³/mol. The standard InChI is InChI=1S/C30H30N2O5/c1-19-27(11-10-24-29(34)25(18-37-30(19)24)21-6-8-23(35-2)9-7-21)36-13-12-31-15-20-14-22(17-31)26-4-3-5-28(33)32(26)16-20/h3-11,18,20,22H,12-17H2,1-2H3/t20-,22-/m1/s1. The smallest absolute Gasteiger partial charge is 0.250 e. The van der Waals surface area contributed by atoms with Crippen molar-refractivity contribution in [1.29, 1.82) is 0 Å². The summed E-state index contributed by atoms with van der Waals surface area (Å²) < 4.78 is 19.3. The van der Waals surface area contributed by atoms with Gasteiger partial charge in [-0.3, -0.25) is 14.5 Å². The van der Waals surface area contributed by atoms with E-state index in [1.807, 2.05) is 47.9 Å². The van der Waals surface area contributed by atoms with Crippen molar-refractivity contribution < 1.29 is 13.9 Å². The van der Waals surface area contributed by atoms with Gasteiger partial charge >= 0.3 is 0 Å². The Balaban J connectivity index is 1.15. The Bertz CT molecular complexity index is 1570. The second kappa shape index (κ2) is 9.56. The van der Waals surface area contributed by atoms with Gasteiger partial charge in [-0.1, -0.05) is 18.2 Å². The second-order valence-corrected chi connectivity index (χ2v) is 10.1. The van der Waals surface area contributed by atoms with Gasteiger partial charge < -0.3 is 18.5 Å². The summed E-state index contributed by atoms with van der Waals surface area (Å²) in [5.41, 5.74) is 3.87. The van der Waals surface area contributed by atoms with E-state index in [1.165, 1.54) is 6.26 Å². The van der Waals surface area contributed by atoms with Crippen molar-refractivity contribution in [2.45, 2.75) is 25.8 Å². The molecule has 4 aromatic rings. The molecule has 2 aliphatic rings. The number of hydrogen-bond donors (Lipinski definition) is 0. The number of aromatic nitrogens is 1. The number of nitrogens with zero attached hydrogens (tertiary/aromatic N) is 2. The van der Waals surface area contributed by atoms with Gasteiger partial charge in [0.25, 0.3) is 5.56 Å². The highest BCUT2D eigenvalue weighted by molar-refractivity contribution is 5.85. The molecule has 190 valence electrons. The third-order valence-electron chi connectivity index (χ3n) is 7.76. The first-order chi connectivity index (χ1) is 18.0. The SMILES string of the molecule is COc1ccc(-c2coc3c(C)c(OCCN4C[C@H]5C[C@H](C4)c4cccc(=O)n4C5)ccc3c2=O)cc1. The van der Waals surface area contributed by atoms with Crippen molar-refractivity contribution in [3.8, 4) is 22.6 Å². The first-order valence-corrected chi connectivity index (χ1v) is 12.8. The van der Waals surface area contributed by atoms with E-state index in [0.29, 0.717) is 35.0 Å². The molecule has 0 amide bonds. The molecule has 1 saturated heterocycles. The molecule has 7 heteroatoms. The molecule has 2 atom stereocenters. The molecule has 2 aromatic carbocycles. The molecule has 0 unspecified atom stereocenters. The van der Waals surface area contributed by atoms with Crippen LogP contribution in [0.25, 0.3) is 22.1 Å². The van der Waals surface area contributed by atoms with Crippen molar-refractivity contribution in [2.75, 3.05) is 33.4 Å². The van der Waals surface area contributed by atoms with Crippen LogP contribution >= 0.6 is 0 Å². The minimum atomic E-state index is -0.0692. The van der Waals surface area contributed by atoms with E-state index in [0.717, 1.165) is 60.9 Å². The van der Waals surface area contributed by atoms with Crippen molar-refractivity contribution in [1.82, 2.24) is 9.47 Å². The number of fused-ring (bicyclic) bond motifs is 5. The fourth-order valence-electron chi connectivity index (χ4n) is 5.91. The Morgan fingerprint density at radius 2 is 1.84 bits per heavy atom. The average molecular weight is 499 g/mol. The van der Waals surface area contributed by atoms with Gasteiger partial charge in [-0.15, -0.1) is 0 Å². The van der Waals surface area contributed by atoms with Gasteiger partial charge in [0.1, 0.15) is 30.0 Å².